The highest BCUT2D eigenvalue weighted by molar-refractivity contribution is 9.10. The lowest BCUT2D eigenvalue weighted by Gasteiger charge is -2.05. The number of nitrogens with one attached hydrogen (secondary N) is 1. The fourth-order valence-electron chi connectivity index (χ4n) is 1.80. The van der Waals surface area contributed by atoms with Gasteiger partial charge in [0, 0.05) is 11.7 Å². The molecular formula is C11H9BrN4. The zero-order chi connectivity index (χ0) is 11.1. The molecule has 0 aliphatic carbocycles. The van der Waals surface area contributed by atoms with Crippen molar-refractivity contribution in [2.45, 2.75) is 6.92 Å². The summed E-state index contributed by atoms with van der Waals surface area (Å²) < 4.78 is 2.68. The highest BCUT2D eigenvalue weighted by Gasteiger charge is 2.08. The van der Waals surface area contributed by atoms with Crippen LogP contribution < -0.4 is 0 Å². The van der Waals surface area contributed by atoms with Crippen molar-refractivity contribution >= 4 is 26.8 Å². The Labute approximate surface area is 100 Å². The van der Waals surface area contributed by atoms with E-state index in [1.54, 1.807) is 0 Å². The van der Waals surface area contributed by atoms with Crippen molar-refractivity contribution in [1.29, 1.82) is 0 Å². The first-order valence-corrected chi connectivity index (χ1v) is 5.70. The second-order valence-corrected chi connectivity index (χ2v) is 4.31. The summed E-state index contributed by atoms with van der Waals surface area (Å²) in [6, 6.07) is 8.26. The first-order valence-electron chi connectivity index (χ1n) is 4.91. The van der Waals surface area contributed by atoms with Gasteiger partial charge in [-0.1, -0.05) is 6.07 Å². The fraction of sp³-hybridized carbons (Fsp3) is 0.0909. The molecule has 0 aliphatic rings. The van der Waals surface area contributed by atoms with Gasteiger partial charge in [0.05, 0.1) is 5.69 Å². The summed E-state index contributed by atoms with van der Waals surface area (Å²) in [4.78, 5) is 3.19. The number of hydrogen-bond acceptors (Lipinski definition) is 2. The Morgan fingerprint density at radius 3 is 2.88 bits per heavy atom. The normalized spacial score (nSPS) is 11.1. The fourth-order valence-corrected chi connectivity index (χ4v) is 2.35. The lowest BCUT2D eigenvalue weighted by Crippen LogP contribution is -1.97. The average Bonchev–Trinajstić information content (AvgIpc) is 2.85. The third-order valence-electron chi connectivity index (χ3n) is 2.58. The molecule has 0 amide bonds. The summed E-state index contributed by atoms with van der Waals surface area (Å²) in [6.45, 7) is 1.93. The second-order valence-electron chi connectivity index (χ2n) is 3.60. The number of benzene rings is 1. The predicted molar refractivity (Wildman–Crippen MR) is 65.7 cm³/mol. The van der Waals surface area contributed by atoms with Gasteiger partial charge in [0.2, 0.25) is 4.73 Å². The Hall–Kier alpha value is -1.62. The molecule has 1 aromatic carbocycles. The van der Waals surface area contributed by atoms with Crippen LogP contribution >= 0.6 is 15.9 Å². The zero-order valence-electron chi connectivity index (χ0n) is 8.61. The molecule has 0 atom stereocenters. The van der Waals surface area contributed by atoms with Gasteiger partial charge < -0.3 is 4.98 Å². The van der Waals surface area contributed by atoms with Crippen molar-refractivity contribution in [1.82, 2.24) is 19.7 Å². The maximum Gasteiger partial charge on any atom is 0.204 e. The summed E-state index contributed by atoms with van der Waals surface area (Å²) in [5, 5.41) is 9.20. The van der Waals surface area contributed by atoms with Crippen LogP contribution in [-0.4, -0.2) is 19.7 Å². The molecule has 4 nitrogen and oxygen atoms in total. The van der Waals surface area contributed by atoms with E-state index in [9.17, 15) is 0 Å². The molecule has 0 aliphatic heterocycles. The summed E-state index contributed by atoms with van der Waals surface area (Å²) >= 11 is 3.39. The number of aromatic nitrogens is 4. The van der Waals surface area contributed by atoms with Gasteiger partial charge in [0.15, 0.2) is 0 Å². The third kappa shape index (κ3) is 1.36. The molecule has 0 saturated carbocycles. The number of aryl methyl sites for hydroxylation is 1. The SMILES string of the molecule is Cc1nnc(Br)n1-c1ccc2cc[nH]c2c1. The molecule has 2 aromatic heterocycles. The van der Waals surface area contributed by atoms with Crippen LogP contribution in [0.15, 0.2) is 35.2 Å². The highest BCUT2D eigenvalue weighted by atomic mass is 79.9. The van der Waals surface area contributed by atoms with Gasteiger partial charge in [-0.2, -0.15) is 0 Å². The van der Waals surface area contributed by atoms with Crippen molar-refractivity contribution in [3.8, 4) is 5.69 Å². The van der Waals surface area contributed by atoms with Crippen molar-refractivity contribution in [2.24, 2.45) is 0 Å². The van der Waals surface area contributed by atoms with E-state index >= 15 is 0 Å². The second kappa shape index (κ2) is 3.45. The predicted octanol–water partition coefficient (Wildman–Crippen LogP) is 2.82. The summed E-state index contributed by atoms with van der Waals surface area (Å²) in [5.41, 5.74) is 2.15. The minimum Gasteiger partial charge on any atom is -0.361 e. The number of rotatable bonds is 1. The Balaban J connectivity index is 2.25. The smallest absolute Gasteiger partial charge is 0.204 e. The maximum atomic E-state index is 4.02. The monoisotopic (exact) mass is 276 g/mol. The van der Waals surface area contributed by atoms with Crippen LogP contribution in [0.3, 0.4) is 0 Å². The van der Waals surface area contributed by atoms with Crippen molar-refractivity contribution in [3.05, 3.63) is 41.0 Å². The van der Waals surface area contributed by atoms with Crippen LogP contribution in [0.2, 0.25) is 0 Å². The van der Waals surface area contributed by atoms with Gasteiger partial charge in [-0.05, 0) is 46.4 Å². The average molecular weight is 277 g/mol. The quantitative estimate of drug-likeness (QED) is 0.743. The van der Waals surface area contributed by atoms with Gasteiger partial charge in [-0.25, -0.2) is 0 Å². The molecule has 5 heteroatoms. The molecule has 3 rings (SSSR count). The van der Waals surface area contributed by atoms with E-state index < -0.39 is 0 Å². The highest BCUT2D eigenvalue weighted by Crippen LogP contribution is 2.21. The van der Waals surface area contributed by atoms with Gasteiger partial charge in [-0.3, -0.25) is 4.57 Å². The topological polar surface area (TPSA) is 46.5 Å². The third-order valence-corrected chi connectivity index (χ3v) is 3.10. The Morgan fingerprint density at radius 1 is 1.25 bits per heavy atom. The number of aromatic amines is 1. The molecule has 0 saturated heterocycles. The number of nitrogens with zero attached hydrogens (tertiary/aromatic N) is 3. The Morgan fingerprint density at radius 2 is 2.12 bits per heavy atom. The van der Waals surface area contributed by atoms with Crippen LogP contribution in [0.4, 0.5) is 0 Å². The van der Waals surface area contributed by atoms with E-state index in [1.807, 2.05) is 23.8 Å². The van der Waals surface area contributed by atoms with Crippen molar-refractivity contribution in [3.63, 3.8) is 0 Å². The van der Waals surface area contributed by atoms with E-state index in [0.717, 1.165) is 21.8 Å². The molecule has 1 N–H and O–H groups in total. The molecule has 0 spiro atoms. The summed E-state index contributed by atoms with van der Waals surface area (Å²) in [6.07, 6.45) is 1.93. The number of fused-ring (bicyclic) bond motifs is 1. The lowest BCUT2D eigenvalue weighted by molar-refractivity contribution is 0.959. The van der Waals surface area contributed by atoms with Gasteiger partial charge in [0.1, 0.15) is 5.82 Å². The number of H-pyrrole nitrogens is 1. The van der Waals surface area contributed by atoms with Crippen LogP contribution in [0.25, 0.3) is 16.6 Å². The molecule has 80 valence electrons. The standard InChI is InChI=1S/C11H9BrN4/c1-7-14-15-11(12)16(7)9-3-2-8-4-5-13-10(8)6-9/h2-6,13H,1H3. The number of hydrogen-bond donors (Lipinski definition) is 1. The molecule has 16 heavy (non-hydrogen) atoms. The van der Waals surface area contributed by atoms with Crippen LogP contribution in [-0.2, 0) is 0 Å². The van der Waals surface area contributed by atoms with Gasteiger partial charge in [-0.15, -0.1) is 10.2 Å². The Bertz CT molecular complexity index is 633. The van der Waals surface area contributed by atoms with E-state index in [0.29, 0.717) is 0 Å². The van der Waals surface area contributed by atoms with Crippen molar-refractivity contribution < 1.29 is 0 Å². The zero-order valence-corrected chi connectivity index (χ0v) is 10.2. The summed E-state index contributed by atoms with van der Waals surface area (Å²) in [7, 11) is 0. The molecule has 2 heterocycles. The van der Waals surface area contributed by atoms with E-state index in [-0.39, 0.29) is 0 Å². The molecular weight excluding hydrogens is 268 g/mol. The van der Waals surface area contributed by atoms with Crippen LogP contribution in [0.5, 0.6) is 0 Å². The van der Waals surface area contributed by atoms with E-state index in [2.05, 4.69) is 49.3 Å². The Kier molecular flexibility index (Phi) is 2.07. The maximum absolute atomic E-state index is 4.02. The minimum absolute atomic E-state index is 0.718. The van der Waals surface area contributed by atoms with E-state index in [4.69, 9.17) is 0 Å². The molecule has 0 bridgehead atoms. The van der Waals surface area contributed by atoms with Crippen molar-refractivity contribution in [2.75, 3.05) is 0 Å². The first-order chi connectivity index (χ1) is 7.75. The van der Waals surface area contributed by atoms with Gasteiger partial charge >= 0.3 is 0 Å². The molecule has 0 fully saturated rings. The molecule has 0 unspecified atom stereocenters. The molecule has 3 aromatic rings. The van der Waals surface area contributed by atoms with E-state index in [1.165, 1.54) is 5.39 Å². The van der Waals surface area contributed by atoms with Crippen LogP contribution in [0, 0.1) is 6.92 Å². The lowest BCUT2D eigenvalue weighted by atomic mass is 10.2. The first kappa shape index (κ1) is 9.59. The summed E-state index contributed by atoms with van der Waals surface area (Å²) in [5.74, 6) is 0.859. The molecule has 0 radical (unpaired) electrons. The van der Waals surface area contributed by atoms with Crippen LogP contribution in [0.1, 0.15) is 5.82 Å². The van der Waals surface area contributed by atoms with Gasteiger partial charge in [0.25, 0.3) is 0 Å². The minimum atomic E-state index is 0.718. The largest absolute Gasteiger partial charge is 0.361 e. The number of halogens is 1.